The second-order valence-electron chi connectivity index (χ2n) is 4.69. The number of ether oxygens (including phenoxy) is 1. The fourth-order valence-electron chi connectivity index (χ4n) is 2.49. The summed E-state index contributed by atoms with van der Waals surface area (Å²) in [6.45, 7) is 0. The summed E-state index contributed by atoms with van der Waals surface area (Å²) < 4.78 is 5.15. The predicted octanol–water partition coefficient (Wildman–Crippen LogP) is 3.93. The molecule has 2 heteroatoms. The Bertz CT molecular complexity index is 546. The highest BCUT2D eigenvalue weighted by atomic mass is 16.5. The highest BCUT2D eigenvalue weighted by Gasteiger charge is 2.10. The Labute approximate surface area is 108 Å². The lowest BCUT2D eigenvalue weighted by Crippen LogP contribution is -1.92. The van der Waals surface area contributed by atoms with E-state index in [4.69, 9.17) is 4.74 Å². The molecule has 1 N–H and O–H groups in total. The molecule has 0 radical (unpaired) electrons. The first-order chi connectivity index (χ1) is 8.85. The normalized spacial score (nSPS) is 13.2. The van der Waals surface area contributed by atoms with Gasteiger partial charge in [-0.3, -0.25) is 0 Å². The van der Waals surface area contributed by atoms with Crippen LogP contribution in [0.2, 0.25) is 0 Å². The van der Waals surface area contributed by atoms with Gasteiger partial charge in [0.15, 0.2) is 0 Å². The zero-order chi connectivity index (χ0) is 12.4. The lowest BCUT2D eigenvalue weighted by molar-refractivity contribution is 0.415. The van der Waals surface area contributed by atoms with Crippen LogP contribution in [0.25, 0.3) is 0 Å². The molecule has 0 aliphatic heterocycles. The SMILES string of the molecule is COc1ccc(Nc2ccc3c(c2)CCC3)cc1. The number of nitrogens with one attached hydrogen (secondary N) is 1. The van der Waals surface area contributed by atoms with Gasteiger partial charge in [0.1, 0.15) is 5.75 Å². The minimum atomic E-state index is 0.884. The summed E-state index contributed by atoms with van der Waals surface area (Å²) >= 11 is 0. The molecule has 0 unspecified atom stereocenters. The predicted molar refractivity (Wildman–Crippen MR) is 74.7 cm³/mol. The molecule has 0 saturated carbocycles. The lowest BCUT2D eigenvalue weighted by Gasteiger charge is -2.09. The van der Waals surface area contributed by atoms with E-state index in [1.54, 1.807) is 7.11 Å². The average molecular weight is 239 g/mol. The summed E-state index contributed by atoms with van der Waals surface area (Å²) in [4.78, 5) is 0. The van der Waals surface area contributed by atoms with Crippen molar-refractivity contribution in [1.82, 2.24) is 0 Å². The zero-order valence-electron chi connectivity index (χ0n) is 10.6. The number of fused-ring (bicyclic) bond motifs is 1. The zero-order valence-corrected chi connectivity index (χ0v) is 10.6. The van der Waals surface area contributed by atoms with Crippen LogP contribution in [0.15, 0.2) is 42.5 Å². The number of benzene rings is 2. The molecule has 18 heavy (non-hydrogen) atoms. The van der Waals surface area contributed by atoms with Gasteiger partial charge in [0, 0.05) is 11.4 Å². The number of rotatable bonds is 3. The van der Waals surface area contributed by atoms with Crippen LogP contribution in [-0.2, 0) is 12.8 Å². The molecule has 3 rings (SSSR count). The molecule has 2 nitrogen and oxygen atoms in total. The van der Waals surface area contributed by atoms with Crippen molar-refractivity contribution in [2.75, 3.05) is 12.4 Å². The molecule has 1 aliphatic carbocycles. The summed E-state index contributed by atoms with van der Waals surface area (Å²) in [6, 6.07) is 14.7. The minimum absolute atomic E-state index is 0.884. The number of hydrogen-bond acceptors (Lipinski definition) is 2. The molecular formula is C16H17NO. The number of hydrogen-bond donors (Lipinski definition) is 1. The molecule has 92 valence electrons. The van der Waals surface area contributed by atoms with Crippen LogP contribution in [0.3, 0.4) is 0 Å². The van der Waals surface area contributed by atoms with Crippen molar-refractivity contribution in [2.24, 2.45) is 0 Å². The van der Waals surface area contributed by atoms with Crippen molar-refractivity contribution in [3.05, 3.63) is 53.6 Å². The van der Waals surface area contributed by atoms with Gasteiger partial charge in [0.25, 0.3) is 0 Å². The van der Waals surface area contributed by atoms with Gasteiger partial charge in [-0.2, -0.15) is 0 Å². The molecule has 2 aromatic rings. The molecule has 0 spiro atoms. The van der Waals surface area contributed by atoms with Gasteiger partial charge in [0.2, 0.25) is 0 Å². The molecule has 0 saturated heterocycles. The number of aryl methyl sites for hydroxylation is 2. The highest BCUT2D eigenvalue weighted by molar-refractivity contribution is 5.62. The molecule has 0 atom stereocenters. The van der Waals surface area contributed by atoms with Crippen molar-refractivity contribution in [1.29, 1.82) is 0 Å². The second kappa shape index (κ2) is 4.73. The smallest absolute Gasteiger partial charge is 0.119 e. The Morgan fingerprint density at radius 1 is 0.889 bits per heavy atom. The largest absolute Gasteiger partial charge is 0.497 e. The summed E-state index contributed by atoms with van der Waals surface area (Å²) in [7, 11) is 1.68. The van der Waals surface area contributed by atoms with Gasteiger partial charge >= 0.3 is 0 Å². The van der Waals surface area contributed by atoms with Gasteiger partial charge in [-0.25, -0.2) is 0 Å². The van der Waals surface area contributed by atoms with Crippen LogP contribution in [0, 0.1) is 0 Å². The minimum Gasteiger partial charge on any atom is -0.497 e. The summed E-state index contributed by atoms with van der Waals surface area (Å²) in [5.74, 6) is 0.884. The molecule has 0 heterocycles. The Morgan fingerprint density at radius 3 is 2.39 bits per heavy atom. The summed E-state index contributed by atoms with van der Waals surface area (Å²) in [6.07, 6.45) is 3.74. The lowest BCUT2D eigenvalue weighted by atomic mass is 10.1. The first-order valence-corrected chi connectivity index (χ1v) is 6.38. The topological polar surface area (TPSA) is 21.3 Å². The maximum Gasteiger partial charge on any atom is 0.119 e. The van der Waals surface area contributed by atoms with Crippen molar-refractivity contribution in [3.8, 4) is 5.75 Å². The maximum absolute atomic E-state index is 5.15. The third kappa shape index (κ3) is 2.19. The van der Waals surface area contributed by atoms with E-state index in [1.165, 1.54) is 36.1 Å². The van der Waals surface area contributed by atoms with E-state index in [0.29, 0.717) is 0 Å². The van der Waals surface area contributed by atoms with Crippen LogP contribution in [0.1, 0.15) is 17.5 Å². The molecule has 0 aromatic heterocycles. The van der Waals surface area contributed by atoms with Crippen molar-refractivity contribution < 1.29 is 4.74 Å². The van der Waals surface area contributed by atoms with Crippen LogP contribution in [-0.4, -0.2) is 7.11 Å². The summed E-state index contributed by atoms with van der Waals surface area (Å²) in [5.41, 5.74) is 5.26. The van der Waals surface area contributed by atoms with Crippen LogP contribution >= 0.6 is 0 Å². The van der Waals surface area contributed by atoms with Crippen molar-refractivity contribution in [3.63, 3.8) is 0 Å². The van der Waals surface area contributed by atoms with E-state index in [1.807, 2.05) is 24.3 Å². The first kappa shape index (κ1) is 11.1. The van der Waals surface area contributed by atoms with E-state index in [9.17, 15) is 0 Å². The average Bonchev–Trinajstić information content (AvgIpc) is 2.87. The molecule has 0 bridgehead atoms. The molecular weight excluding hydrogens is 222 g/mol. The third-order valence-electron chi connectivity index (χ3n) is 3.48. The van der Waals surface area contributed by atoms with Crippen LogP contribution in [0.5, 0.6) is 5.75 Å². The molecule has 0 amide bonds. The first-order valence-electron chi connectivity index (χ1n) is 6.38. The Morgan fingerprint density at radius 2 is 1.61 bits per heavy atom. The third-order valence-corrected chi connectivity index (χ3v) is 3.48. The molecule has 0 fully saturated rings. The van der Waals surface area contributed by atoms with E-state index in [-0.39, 0.29) is 0 Å². The quantitative estimate of drug-likeness (QED) is 0.876. The Balaban J connectivity index is 1.79. The van der Waals surface area contributed by atoms with Gasteiger partial charge < -0.3 is 10.1 Å². The van der Waals surface area contributed by atoms with Crippen LogP contribution < -0.4 is 10.1 Å². The fraction of sp³-hybridized carbons (Fsp3) is 0.250. The monoisotopic (exact) mass is 239 g/mol. The van der Waals surface area contributed by atoms with Crippen LogP contribution in [0.4, 0.5) is 11.4 Å². The Kier molecular flexibility index (Phi) is 2.93. The van der Waals surface area contributed by atoms with E-state index < -0.39 is 0 Å². The highest BCUT2D eigenvalue weighted by Crippen LogP contribution is 2.27. The second-order valence-corrected chi connectivity index (χ2v) is 4.69. The number of anilines is 2. The number of methoxy groups -OCH3 is 1. The maximum atomic E-state index is 5.15. The van der Waals surface area contributed by atoms with E-state index in [0.717, 1.165) is 11.4 Å². The van der Waals surface area contributed by atoms with Crippen molar-refractivity contribution >= 4 is 11.4 Å². The Hall–Kier alpha value is -1.96. The fourth-order valence-corrected chi connectivity index (χ4v) is 2.49. The summed E-state index contributed by atoms with van der Waals surface area (Å²) in [5, 5.41) is 3.43. The van der Waals surface area contributed by atoms with Gasteiger partial charge in [-0.15, -0.1) is 0 Å². The van der Waals surface area contributed by atoms with Gasteiger partial charge in [0.05, 0.1) is 7.11 Å². The van der Waals surface area contributed by atoms with Gasteiger partial charge in [-0.1, -0.05) is 6.07 Å². The van der Waals surface area contributed by atoms with Crippen molar-refractivity contribution in [2.45, 2.75) is 19.3 Å². The molecule has 1 aliphatic rings. The standard InChI is InChI=1S/C16H17NO/c1-18-16-9-7-14(8-10-16)17-15-6-5-12-3-2-4-13(12)11-15/h5-11,17H,2-4H2,1H3. The van der Waals surface area contributed by atoms with E-state index in [2.05, 4.69) is 23.5 Å². The van der Waals surface area contributed by atoms with E-state index >= 15 is 0 Å². The van der Waals surface area contributed by atoms with Gasteiger partial charge in [-0.05, 0) is 66.8 Å². The molecule has 2 aromatic carbocycles.